The van der Waals surface area contributed by atoms with Gasteiger partial charge in [-0.05, 0) is 19.1 Å². The van der Waals surface area contributed by atoms with Crippen LogP contribution in [0, 0.1) is 6.92 Å². The molecule has 0 aliphatic carbocycles. The average Bonchev–Trinajstić information content (AvgIpc) is 2.26. The van der Waals surface area contributed by atoms with E-state index < -0.39 is 11.7 Å². The number of aryl methyl sites for hydroxylation is 1. The molecule has 0 atom stereocenters. The lowest BCUT2D eigenvalue weighted by atomic mass is 10.1. The molecule has 0 radical (unpaired) electrons. The van der Waals surface area contributed by atoms with Gasteiger partial charge in [0.2, 0.25) is 0 Å². The van der Waals surface area contributed by atoms with Crippen molar-refractivity contribution >= 4 is 10.9 Å². The van der Waals surface area contributed by atoms with E-state index >= 15 is 0 Å². The number of para-hydroxylation sites is 1. The Kier molecular flexibility index (Phi) is 2.69. The van der Waals surface area contributed by atoms with Crippen LogP contribution in [-0.2, 0) is 6.18 Å². The number of rotatable bonds is 1. The highest BCUT2D eigenvalue weighted by Gasteiger charge is 2.33. The first kappa shape index (κ1) is 11.7. The molecule has 2 aromatic rings. The van der Waals surface area contributed by atoms with Gasteiger partial charge in [-0.2, -0.15) is 13.2 Å². The van der Waals surface area contributed by atoms with Crippen LogP contribution in [0.1, 0.15) is 11.3 Å². The molecule has 1 heterocycles. The molecule has 17 heavy (non-hydrogen) atoms. The van der Waals surface area contributed by atoms with Crippen LogP contribution in [0.25, 0.3) is 10.9 Å². The Bertz CT molecular complexity index is 563. The fraction of sp³-hybridized carbons (Fsp3) is 0.250. The zero-order valence-electron chi connectivity index (χ0n) is 9.30. The molecule has 0 N–H and O–H groups in total. The number of hydrogen-bond acceptors (Lipinski definition) is 2. The molecule has 0 bridgehead atoms. The predicted molar refractivity (Wildman–Crippen MR) is 58.0 cm³/mol. The van der Waals surface area contributed by atoms with Gasteiger partial charge in [0, 0.05) is 11.1 Å². The molecule has 90 valence electrons. The number of halogens is 3. The Hall–Kier alpha value is -1.78. The molecule has 0 saturated heterocycles. The number of hydrogen-bond donors (Lipinski definition) is 0. The third kappa shape index (κ3) is 2.05. The van der Waals surface area contributed by atoms with Crippen LogP contribution in [-0.4, -0.2) is 12.1 Å². The molecule has 0 amide bonds. The minimum atomic E-state index is -4.39. The van der Waals surface area contributed by atoms with Crippen LogP contribution in [0.3, 0.4) is 0 Å². The van der Waals surface area contributed by atoms with Crippen LogP contribution in [0.2, 0.25) is 0 Å². The molecule has 2 rings (SSSR count). The highest BCUT2D eigenvalue weighted by atomic mass is 19.4. The normalized spacial score (nSPS) is 11.8. The number of fused-ring (bicyclic) bond motifs is 1. The Morgan fingerprint density at radius 2 is 1.94 bits per heavy atom. The third-order valence-corrected chi connectivity index (χ3v) is 2.46. The van der Waals surface area contributed by atoms with Crippen molar-refractivity contribution in [1.82, 2.24) is 4.98 Å². The summed E-state index contributed by atoms with van der Waals surface area (Å²) in [5.41, 5.74) is -0.129. The van der Waals surface area contributed by atoms with Crippen LogP contribution >= 0.6 is 0 Å². The summed E-state index contributed by atoms with van der Waals surface area (Å²) in [5.74, 6) is 0.344. The molecule has 1 aromatic heterocycles. The Labute approximate surface area is 96.0 Å². The number of ether oxygens (including phenoxy) is 1. The van der Waals surface area contributed by atoms with Crippen molar-refractivity contribution in [1.29, 1.82) is 0 Å². The highest BCUT2D eigenvalue weighted by Crippen LogP contribution is 2.36. The van der Waals surface area contributed by atoms with Gasteiger partial charge < -0.3 is 4.74 Å². The van der Waals surface area contributed by atoms with Crippen LogP contribution in [0.4, 0.5) is 13.2 Å². The van der Waals surface area contributed by atoms with E-state index in [1.165, 1.54) is 26.2 Å². The minimum absolute atomic E-state index is 0.0578. The first-order chi connectivity index (χ1) is 7.93. The Morgan fingerprint density at radius 1 is 1.24 bits per heavy atom. The van der Waals surface area contributed by atoms with E-state index in [1.54, 1.807) is 6.07 Å². The zero-order chi connectivity index (χ0) is 12.6. The largest absolute Gasteiger partial charge is 0.494 e. The van der Waals surface area contributed by atoms with Gasteiger partial charge in [-0.15, -0.1) is 0 Å². The molecule has 0 unspecified atom stereocenters. The summed E-state index contributed by atoms with van der Waals surface area (Å²) in [7, 11) is 1.41. The maximum atomic E-state index is 12.9. The number of aromatic nitrogens is 1. The van der Waals surface area contributed by atoms with E-state index in [0.29, 0.717) is 11.4 Å². The molecular weight excluding hydrogens is 231 g/mol. The smallest absolute Gasteiger partial charge is 0.417 e. The van der Waals surface area contributed by atoms with E-state index in [-0.39, 0.29) is 10.9 Å². The van der Waals surface area contributed by atoms with Gasteiger partial charge in [-0.25, -0.2) is 4.98 Å². The summed E-state index contributed by atoms with van der Waals surface area (Å²) in [6.07, 6.45) is -4.39. The monoisotopic (exact) mass is 241 g/mol. The average molecular weight is 241 g/mol. The van der Waals surface area contributed by atoms with Crippen molar-refractivity contribution < 1.29 is 17.9 Å². The number of benzene rings is 1. The molecular formula is C12H10F3NO. The number of alkyl halides is 3. The molecule has 0 fully saturated rings. The second kappa shape index (κ2) is 3.91. The number of methoxy groups -OCH3 is 1. The lowest BCUT2D eigenvalue weighted by Crippen LogP contribution is -2.07. The second-order valence-electron chi connectivity index (χ2n) is 3.67. The van der Waals surface area contributed by atoms with Crippen molar-refractivity contribution in [2.45, 2.75) is 13.1 Å². The van der Waals surface area contributed by atoms with Crippen molar-refractivity contribution in [2.75, 3.05) is 7.11 Å². The standard InChI is InChI=1S/C12H10F3NO/c1-7-6-9(12(13,14)15)8-4-3-5-10(17-2)11(8)16-7/h3-6H,1-2H3. The van der Waals surface area contributed by atoms with Crippen molar-refractivity contribution in [3.8, 4) is 5.75 Å². The summed E-state index contributed by atoms with van der Waals surface area (Å²) in [6, 6.07) is 5.55. The van der Waals surface area contributed by atoms with Gasteiger partial charge >= 0.3 is 6.18 Å². The topological polar surface area (TPSA) is 22.1 Å². The van der Waals surface area contributed by atoms with E-state index in [2.05, 4.69) is 4.98 Å². The number of nitrogens with zero attached hydrogens (tertiary/aromatic N) is 1. The quantitative estimate of drug-likeness (QED) is 0.761. The summed E-state index contributed by atoms with van der Waals surface area (Å²) in [4.78, 5) is 4.10. The van der Waals surface area contributed by atoms with Gasteiger partial charge in [0.05, 0.1) is 12.7 Å². The van der Waals surface area contributed by atoms with Crippen LogP contribution < -0.4 is 4.74 Å². The maximum absolute atomic E-state index is 12.9. The van der Waals surface area contributed by atoms with Crippen LogP contribution in [0.15, 0.2) is 24.3 Å². The SMILES string of the molecule is COc1cccc2c(C(F)(F)F)cc(C)nc12. The highest BCUT2D eigenvalue weighted by molar-refractivity contribution is 5.88. The third-order valence-electron chi connectivity index (χ3n) is 2.46. The summed E-state index contributed by atoms with van der Waals surface area (Å²) < 4.78 is 43.6. The van der Waals surface area contributed by atoms with Gasteiger partial charge in [0.25, 0.3) is 0 Å². The Balaban J connectivity index is 2.86. The molecule has 0 aliphatic heterocycles. The van der Waals surface area contributed by atoms with Crippen molar-refractivity contribution in [3.05, 3.63) is 35.5 Å². The van der Waals surface area contributed by atoms with Gasteiger partial charge in [-0.3, -0.25) is 0 Å². The Morgan fingerprint density at radius 3 is 2.53 bits per heavy atom. The summed E-state index contributed by atoms with van der Waals surface area (Å²) >= 11 is 0. The zero-order valence-corrected chi connectivity index (χ0v) is 9.30. The molecule has 1 aromatic carbocycles. The minimum Gasteiger partial charge on any atom is -0.494 e. The molecule has 5 heteroatoms. The van der Waals surface area contributed by atoms with E-state index in [0.717, 1.165) is 6.07 Å². The fourth-order valence-electron chi connectivity index (χ4n) is 1.75. The van der Waals surface area contributed by atoms with E-state index in [4.69, 9.17) is 4.74 Å². The summed E-state index contributed by atoms with van der Waals surface area (Å²) in [5, 5.41) is 0.0578. The molecule has 0 saturated carbocycles. The number of pyridine rings is 1. The van der Waals surface area contributed by atoms with Gasteiger partial charge in [0.1, 0.15) is 11.3 Å². The first-order valence-corrected chi connectivity index (χ1v) is 4.95. The van der Waals surface area contributed by atoms with Gasteiger partial charge in [-0.1, -0.05) is 12.1 Å². The van der Waals surface area contributed by atoms with Crippen LogP contribution in [0.5, 0.6) is 5.75 Å². The van der Waals surface area contributed by atoms with Crippen molar-refractivity contribution in [2.24, 2.45) is 0 Å². The van der Waals surface area contributed by atoms with Gasteiger partial charge in [0.15, 0.2) is 0 Å². The lowest BCUT2D eigenvalue weighted by Gasteiger charge is -2.12. The van der Waals surface area contributed by atoms with Crippen molar-refractivity contribution in [3.63, 3.8) is 0 Å². The van der Waals surface area contributed by atoms with E-state index in [9.17, 15) is 13.2 Å². The first-order valence-electron chi connectivity index (χ1n) is 4.95. The maximum Gasteiger partial charge on any atom is 0.417 e. The lowest BCUT2D eigenvalue weighted by molar-refractivity contribution is -0.136. The molecule has 0 aliphatic rings. The molecule has 2 nitrogen and oxygen atoms in total. The second-order valence-corrected chi connectivity index (χ2v) is 3.67. The fourth-order valence-corrected chi connectivity index (χ4v) is 1.75. The predicted octanol–water partition coefficient (Wildman–Crippen LogP) is 3.57. The summed E-state index contributed by atoms with van der Waals surface area (Å²) in [6.45, 7) is 1.53. The van der Waals surface area contributed by atoms with E-state index in [1.807, 2.05) is 0 Å². The molecule has 0 spiro atoms.